The Kier molecular flexibility index (Phi) is 5.83. The first-order chi connectivity index (χ1) is 8.45. The molecule has 1 saturated carbocycles. The number of hydrogen-bond acceptors (Lipinski definition) is 3. The van der Waals surface area contributed by atoms with E-state index in [1.165, 1.54) is 6.42 Å². The quantitative estimate of drug-likeness (QED) is 0.558. The first kappa shape index (κ1) is 15.2. The molecule has 0 amide bonds. The summed E-state index contributed by atoms with van der Waals surface area (Å²) in [7, 11) is 0. The van der Waals surface area contributed by atoms with Crippen molar-refractivity contribution < 1.29 is 14.3 Å². The van der Waals surface area contributed by atoms with Crippen LogP contribution in [0.1, 0.15) is 59.8 Å². The van der Waals surface area contributed by atoms with Crippen molar-refractivity contribution in [1.82, 2.24) is 0 Å². The molecule has 18 heavy (non-hydrogen) atoms. The lowest BCUT2D eigenvalue weighted by Crippen LogP contribution is -2.37. The number of carbonyl (C=O) groups is 2. The van der Waals surface area contributed by atoms with Crippen LogP contribution in [-0.4, -0.2) is 17.9 Å². The largest absolute Gasteiger partial charge is 0.456 e. The third-order valence-electron chi connectivity index (χ3n) is 3.92. The van der Waals surface area contributed by atoms with Crippen LogP contribution in [0.2, 0.25) is 0 Å². The third kappa shape index (κ3) is 4.11. The van der Waals surface area contributed by atoms with Crippen molar-refractivity contribution in [3.63, 3.8) is 0 Å². The third-order valence-corrected chi connectivity index (χ3v) is 3.92. The fourth-order valence-corrected chi connectivity index (χ4v) is 2.78. The Morgan fingerprint density at radius 2 is 1.94 bits per heavy atom. The summed E-state index contributed by atoms with van der Waals surface area (Å²) in [6.45, 7) is 8.40. The number of ketones is 1. The molecule has 0 heterocycles. The van der Waals surface area contributed by atoms with E-state index in [1.807, 2.05) is 6.92 Å². The van der Waals surface area contributed by atoms with Gasteiger partial charge in [-0.1, -0.05) is 34.1 Å². The molecule has 3 heteroatoms. The number of rotatable bonds is 5. The van der Waals surface area contributed by atoms with Gasteiger partial charge in [-0.25, -0.2) is 4.79 Å². The van der Waals surface area contributed by atoms with Crippen LogP contribution in [0.25, 0.3) is 0 Å². The Hall–Kier alpha value is -0.860. The zero-order valence-corrected chi connectivity index (χ0v) is 12.1. The highest BCUT2D eigenvalue weighted by atomic mass is 16.5. The number of esters is 1. The number of Topliss-reactive ketones (excluding diaryl/α,β-unsaturated/α-hetero) is 1. The Labute approximate surface area is 110 Å². The standard InChI is InChI=1S/C15H26O3/c1-5-6-13(16)15(17)18-14-9-11(4)7-8-12(14)10(2)3/h10-12,14H,5-9H2,1-4H3/t11-,12+,14-/m1/s1. The summed E-state index contributed by atoms with van der Waals surface area (Å²) >= 11 is 0. The highest BCUT2D eigenvalue weighted by Crippen LogP contribution is 2.35. The van der Waals surface area contributed by atoms with Gasteiger partial charge in [0.25, 0.3) is 0 Å². The smallest absolute Gasteiger partial charge is 0.374 e. The minimum absolute atomic E-state index is 0.0675. The second-order valence-corrected chi connectivity index (χ2v) is 5.94. The van der Waals surface area contributed by atoms with Crippen molar-refractivity contribution in [2.45, 2.75) is 65.9 Å². The minimum Gasteiger partial charge on any atom is -0.456 e. The van der Waals surface area contributed by atoms with E-state index in [2.05, 4.69) is 20.8 Å². The molecule has 0 aromatic heterocycles. The normalized spacial score (nSPS) is 28.2. The molecule has 1 aliphatic rings. The maximum Gasteiger partial charge on any atom is 0.374 e. The minimum atomic E-state index is -0.624. The number of hydrogen-bond donors (Lipinski definition) is 0. The molecular weight excluding hydrogens is 228 g/mol. The van der Waals surface area contributed by atoms with Gasteiger partial charge in [-0.15, -0.1) is 0 Å². The molecule has 0 bridgehead atoms. The van der Waals surface area contributed by atoms with Crippen molar-refractivity contribution in [1.29, 1.82) is 0 Å². The fourth-order valence-electron chi connectivity index (χ4n) is 2.78. The number of carbonyl (C=O) groups excluding carboxylic acids is 2. The fraction of sp³-hybridized carbons (Fsp3) is 0.867. The molecule has 1 aliphatic carbocycles. The van der Waals surface area contributed by atoms with E-state index in [4.69, 9.17) is 4.74 Å². The molecule has 0 saturated heterocycles. The lowest BCUT2D eigenvalue weighted by atomic mass is 9.75. The lowest BCUT2D eigenvalue weighted by molar-refractivity contribution is -0.163. The molecule has 3 atom stereocenters. The monoisotopic (exact) mass is 254 g/mol. The average molecular weight is 254 g/mol. The van der Waals surface area contributed by atoms with Crippen LogP contribution in [0.3, 0.4) is 0 Å². The maximum atomic E-state index is 11.7. The molecular formula is C15H26O3. The topological polar surface area (TPSA) is 43.4 Å². The van der Waals surface area contributed by atoms with Crippen molar-refractivity contribution in [3.8, 4) is 0 Å². The molecule has 0 aromatic rings. The average Bonchev–Trinajstić information content (AvgIpc) is 2.28. The predicted molar refractivity (Wildman–Crippen MR) is 71.1 cm³/mol. The van der Waals surface area contributed by atoms with E-state index in [1.54, 1.807) is 0 Å². The second kappa shape index (κ2) is 6.91. The highest BCUT2D eigenvalue weighted by Gasteiger charge is 2.34. The molecule has 0 spiro atoms. The van der Waals surface area contributed by atoms with E-state index in [0.29, 0.717) is 30.6 Å². The molecule has 0 radical (unpaired) electrons. The van der Waals surface area contributed by atoms with Crippen molar-refractivity contribution in [3.05, 3.63) is 0 Å². The van der Waals surface area contributed by atoms with Crippen LogP contribution in [0, 0.1) is 17.8 Å². The van der Waals surface area contributed by atoms with E-state index < -0.39 is 5.97 Å². The van der Waals surface area contributed by atoms with Gasteiger partial charge in [0.1, 0.15) is 6.10 Å². The van der Waals surface area contributed by atoms with Gasteiger partial charge in [0.2, 0.25) is 5.78 Å². The zero-order valence-electron chi connectivity index (χ0n) is 12.1. The van der Waals surface area contributed by atoms with Crippen LogP contribution in [-0.2, 0) is 14.3 Å². The second-order valence-electron chi connectivity index (χ2n) is 5.94. The van der Waals surface area contributed by atoms with Gasteiger partial charge >= 0.3 is 5.97 Å². The Morgan fingerprint density at radius 1 is 1.28 bits per heavy atom. The van der Waals surface area contributed by atoms with Crippen LogP contribution in [0.5, 0.6) is 0 Å². The molecule has 0 N–H and O–H groups in total. The van der Waals surface area contributed by atoms with Crippen molar-refractivity contribution >= 4 is 11.8 Å². The molecule has 3 nitrogen and oxygen atoms in total. The highest BCUT2D eigenvalue weighted by molar-refractivity contribution is 6.33. The van der Waals surface area contributed by atoms with E-state index in [0.717, 1.165) is 12.8 Å². The maximum absolute atomic E-state index is 11.7. The van der Waals surface area contributed by atoms with Crippen LogP contribution in [0.4, 0.5) is 0 Å². The Balaban J connectivity index is 2.60. The van der Waals surface area contributed by atoms with Crippen molar-refractivity contribution in [2.75, 3.05) is 0 Å². The first-order valence-electron chi connectivity index (χ1n) is 7.19. The van der Waals surface area contributed by atoms with Gasteiger partial charge in [-0.3, -0.25) is 4.79 Å². The lowest BCUT2D eigenvalue weighted by Gasteiger charge is -2.36. The van der Waals surface area contributed by atoms with E-state index in [9.17, 15) is 9.59 Å². The summed E-state index contributed by atoms with van der Waals surface area (Å²) in [6.07, 6.45) is 4.12. The van der Waals surface area contributed by atoms with Gasteiger partial charge in [-0.2, -0.15) is 0 Å². The molecule has 1 rings (SSSR count). The van der Waals surface area contributed by atoms with Crippen molar-refractivity contribution in [2.24, 2.45) is 17.8 Å². The summed E-state index contributed by atoms with van der Waals surface area (Å²) in [6, 6.07) is 0. The summed E-state index contributed by atoms with van der Waals surface area (Å²) in [5.41, 5.74) is 0. The summed E-state index contributed by atoms with van der Waals surface area (Å²) in [5.74, 6) is 0.482. The molecule has 0 aliphatic heterocycles. The van der Waals surface area contributed by atoms with Crippen LogP contribution < -0.4 is 0 Å². The summed E-state index contributed by atoms with van der Waals surface area (Å²) < 4.78 is 5.46. The molecule has 0 aromatic carbocycles. The van der Waals surface area contributed by atoms with E-state index >= 15 is 0 Å². The van der Waals surface area contributed by atoms with Crippen LogP contribution in [0.15, 0.2) is 0 Å². The predicted octanol–water partition coefficient (Wildman–Crippen LogP) is 3.36. The van der Waals surface area contributed by atoms with E-state index in [-0.39, 0.29) is 11.9 Å². The summed E-state index contributed by atoms with van der Waals surface area (Å²) in [4.78, 5) is 23.2. The Bertz CT molecular complexity index is 296. The Morgan fingerprint density at radius 3 is 2.50 bits per heavy atom. The zero-order chi connectivity index (χ0) is 13.7. The SMILES string of the molecule is CCCC(=O)C(=O)O[C@@H]1C[C@H](C)CC[C@H]1C(C)C. The van der Waals surface area contributed by atoms with Gasteiger partial charge in [0.05, 0.1) is 0 Å². The van der Waals surface area contributed by atoms with Gasteiger partial charge in [0.15, 0.2) is 0 Å². The molecule has 0 unspecified atom stereocenters. The van der Waals surface area contributed by atoms with Crippen LogP contribution >= 0.6 is 0 Å². The van der Waals surface area contributed by atoms with Gasteiger partial charge in [-0.05, 0) is 37.0 Å². The molecule has 104 valence electrons. The number of ether oxygens (including phenoxy) is 1. The van der Waals surface area contributed by atoms with Gasteiger partial charge < -0.3 is 4.74 Å². The first-order valence-corrected chi connectivity index (χ1v) is 7.19. The summed E-state index contributed by atoms with van der Waals surface area (Å²) in [5, 5.41) is 0. The van der Waals surface area contributed by atoms with Gasteiger partial charge in [0, 0.05) is 6.42 Å². The molecule has 1 fully saturated rings.